The van der Waals surface area contributed by atoms with Gasteiger partial charge in [0, 0.05) is 0 Å². The summed E-state index contributed by atoms with van der Waals surface area (Å²) in [4.78, 5) is 0. The van der Waals surface area contributed by atoms with E-state index >= 15 is 0 Å². The summed E-state index contributed by atoms with van der Waals surface area (Å²) in [6.45, 7) is 4.11. The molecule has 0 aliphatic carbocycles. The van der Waals surface area contributed by atoms with Crippen LogP contribution in [0, 0.1) is 11.3 Å². The van der Waals surface area contributed by atoms with Crippen molar-refractivity contribution in [3.05, 3.63) is 0 Å². The summed E-state index contributed by atoms with van der Waals surface area (Å²) in [6.07, 6.45) is 2.63. The van der Waals surface area contributed by atoms with Gasteiger partial charge in [-0.05, 0) is 30.8 Å². The highest BCUT2D eigenvalue weighted by atomic mass is 32.2. The van der Waals surface area contributed by atoms with Gasteiger partial charge in [-0.3, -0.25) is 0 Å². The van der Waals surface area contributed by atoms with Crippen LogP contribution in [0.3, 0.4) is 0 Å². The van der Waals surface area contributed by atoms with Crippen molar-refractivity contribution in [1.82, 2.24) is 0 Å². The van der Waals surface area contributed by atoms with Gasteiger partial charge < -0.3 is 5.73 Å². The van der Waals surface area contributed by atoms with Crippen molar-refractivity contribution in [2.45, 2.75) is 38.6 Å². The normalized spacial score (nSPS) is 15.2. The zero-order valence-electron chi connectivity index (χ0n) is 7.97. The molecule has 1 atom stereocenters. The number of nitriles is 1. The van der Waals surface area contributed by atoms with Crippen molar-refractivity contribution >= 4 is 11.8 Å². The minimum atomic E-state index is -0.575. The summed E-state index contributed by atoms with van der Waals surface area (Å²) < 4.78 is 0. The zero-order chi connectivity index (χ0) is 9.45. The fourth-order valence-electron chi connectivity index (χ4n) is 0.946. The van der Waals surface area contributed by atoms with E-state index in [9.17, 15) is 0 Å². The second-order valence-corrected chi connectivity index (χ2v) is 4.32. The minimum Gasteiger partial charge on any atom is -0.313 e. The third-order valence-electron chi connectivity index (χ3n) is 1.97. The van der Waals surface area contributed by atoms with Crippen LogP contribution in [-0.4, -0.2) is 17.0 Å². The van der Waals surface area contributed by atoms with Crippen LogP contribution < -0.4 is 5.73 Å². The Balaban J connectivity index is 3.54. The van der Waals surface area contributed by atoms with E-state index in [-0.39, 0.29) is 0 Å². The van der Waals surface area contributed by atoms with Gasteiger partial charge in [-0.15, -0.1) is 0 Å². The van der Waals surface area contributed by atoms with Crippen molar-refractivity contribution in [3.8, 4) is 6.07 Å². The van der Waals surface area contributed by atoms with Gasteiger partial charge in [0.15, 0.2) is 0 Å². The van der Waals surface area contributed by atoms with Crippen LogP contribution in [0.25, 0.3) is 0 Å². The SMILES string of the molecule is CCSCCCC(N)(C#N)CC. The van der Waals surface area contributed by atoms with Gasteiger partial charge in [-0.25, -0.2) is 0 Å². The summed E-state index contributed by atoms with van der Waals surface area (Å²) in [6, 6.07) is 2.17. The molecule has 0 spiro atoms. The molecule has 0 radical (unpaired) electrons. The molecule has 3 heteroatoms. The van der Waals surface area contributed by atoms with Crippen molar-refractivity contribution in [3.63, 3.8) is 0 Å². The molecule has 12 heavy (non-hydrogen) atoms. The molecule has 0 aliphatic heterocycles. The van der Waals surface area contributed by atoms with Gasteiger partial charge in [0.1, 0.15) is 5.54 Å². The Hall–Kier alpha value is -0.200. The highest BCUT2D eigenvalue weighted by molar-refractivity contribution is 7.99. The molecule has 0 amide bonds. The zero-order valence-corrected chi connectivity index (χ0v) is 8.78. The minimum absolute atomic E-state index is 0.575. The van der Waals surface area contributed by atoms with E-state index < -0.39 is 5.54 Å². The third kappa shape index (κ3) is 4.63. The van der Waals surface area contributed by atoms with E-state index in [4.69, 9.17) is 11.0 Å². The van der Waals surface area contributed by atoms with E-state index in [2.05, 4.69) is 13.0 Å². The molecule has 0 saturated carbocycles. The monoisotopic (exact) mass is 186 g/mol. The van der Waals surface area contributed by atoms with Crippen LogP contribution in [0.1, 0.15) is 33.1 Å². The van der Waals surface area contributed by atoms with Crippen LogP contribution in [0.2, 0.25) is 0 Å². The Kier molecular flexibility index (Phi) is 6.23. The standard InChI is InChI=1S/C9H18N2S/c1-3-9(11,8-10)6-5-7-12-4-2/h3-7,11H2,1-2H3. The summed E-state index contributed by atoms with van der Waals surface area (Å²) in [5.74, 6) is 2.27. The number of hydrogen-bond acceptors (Lipinski definition) is 3. The average molecular weight is 186 g/mol. The lowest BCUT2D eigenvalue weighted by Gasteiger charge is -2.18. The Labute approximate surface area is 79.5 Å². The quantitative estimate of drug-likeness (QED) is 0.647. The maximum absolute atomic E-state index is 8.76. The van der Waals surface area contributed by atoms with Gasteiger partial charge >= 0.3 is 0 Å². The highest BCUT2D eigenvalue weighted by Gasteiger charge is 2.20. The lowest BCUT2D eigenvalue weighted by Crippen LogP contribution is -2.37. The highest BCUT2D eigenvalue weighted by Crippen LogP contribution is 2.15. The molecular formula is C9H18N2S. The predicted molar refractivity (Wildman–Crippen MR) is 55.1 cm³/mol. The lowest BCUT2D eigenvalue weighted by atomic mass is 9.94. The first kappa shape index (κ1) is 11.8. The van der Waals surface area contributed by atoms with Crippen molar-refractivity contribution in [1.29, 1.82) is 5.26 Å². The second kappa shape index (κ2) is 6.33. The molecule has 0 aromatic carbocycles. The number of hydrogen-bond donors (Lipinski definition) is 1. The number of nitrogens with zero attached hydrogens (tertiary/aromatic N) is 1. The first-order valence-corrected chi connectivity index (χ1v) is 5.62. The van der Waals surface area contributed by atoms with E-state index in [0.717, 1.165) is 30.8 Å². The van der Waals surface area contributed by atoms with Gasteiger partial charge in [0.25, 0.3) is 0 Å². The second-order valence-electron chi connectivity index (χ2n) is 2.92. The van der Waals surface area contributed by atoms with E-state index in [1.165, 1.54) is 0 Å². The Morgan fingerprint density at radius 1 is 1.50 bits per heavy atom. The molecule has 0 aromatic rings. The predicted octanol–water partition coefficient (Wildman–Crippen LogP) is 2.15. The van der Waals surface area contributed by atoms with Crippen LogP contribution in [0.5, 0.6) is 0 Å². The molecule has 0 saturated heterocycles. The fraction of sp³-hybridized carbons (Fsp3) is 0.889. The first-order valence-electron chi connectivity index (χ1n) is 4.46. The molecule has 0 heterocycles. The Morgan fingerprint density at radius 3 is 2.58 bits per heavy atom. The first-order chi connectivity index (χ1) is 5.68. The maximum atomic E-state index is 8.76. The molecule has 0 rings (SSSR count). The topological polar surface area (TPSA) is 49.8 Å². The maximum Gasteiger partial charge on any atom is 0.104 e. The summed E-state index contributed by atoms with van der Waals surface area (Å²) in [7, 11) is 0. The van der Waals surface area contributed by atoms with Gasteiger partial charge in [-0.2, -0.15) is 17.0 Å². The molecule has 0 fully saturated rings. The van der Waals surface area contributed by atoms with E-state index in [0.29, 0.717) is 0 Å². The largest absolute Gasteiger partial charge is 0.313 e. The Bertz CT molecular complexity index is 153. The summed E-state index contributed by atoms with van der Waals surface area (Å²) in [5, 5.41) is 8.76. The van der Waals surface area contributed by atoms with Gasteiger partial charge in [0.2, 0.25) is 0 Å². The van der Waals surface area contributed by atoms with Crippen molar-refractivity contribution in [2.75, 3.05) is 11.5 Å². The molecule has 1 unspecified atom stereocenters. The number of thioether (sulfide) groups is 1. The summed E-state index contributed by atoms with van der Waals surface area (Å²) >= 11 is 1.90. The van der Waals surface area contributed by atoms with E-state index in [1.807, 2.05) is 18.7 Å². The third-order valence-corrected chi connectivity index (χ3v) is 2.95. The van der Waals surface area contributed by atoms with E-state index in [1.54, 1.807) is 0 Å². The fourth-order valence-corrected chi connectivity index (χ4v) is 1.58. The van der Waals surface area contributed by atoms with Gasteiger partial charge in [0.05, 0.1) is 6.07 Å². The average Bonchev–Trinajstić information content (AvgIpc) is 2.12. The van der Waals surface area contributed by atoms with Crippen LogP contribution >= 0.6 is 11.8 Å². The number of nitrogens with two attached hydrogens (primary N) is 1. The molecule has 70 valence electrons. The Morgan fingerprint density at radius 2 is 2.17 bits per heavy atom. The molecule has 2 N–H and O–H groups in total. The molecule has 0 aliphatic rings. The van der Waals surface area contributed by atoms with Crippen molar-refractivity contribution < 1.29 is 0 Å². The molecule has 0 aromatic heterocycles. The van der Waals surface area contributed by atoms with Crippen LogP contribution in [-0.2, 0) is 0 Å². The molecule has 2 nitrogen and oxygen atoms in total. The lowest BCUT2D eigenvalue weighted by molar-refractivity contribution is 0.478. The van der Waals surface area contributed by atoms with Crippen LogP contribution in [0.15, 0.2) is 0 Å². The molecule has 0 bridgehead atoms. The van der Waals surface area contributed by atoms with Crippen molar-refractivity contribution in [2.24, 2.45) is 5.73 Å². The van der Waals surface area contributed by atoms with Gasteiger partial charge in [-0.1, -0.05) is 13.8 Å². The molecular weight excluding hydrogens is 168 g/mol. The summed E-state index contributed by atoms with van der Waals surface area (Å²) in [5.41, 5.74) is 5.23. The van der Waals surface area contributed by atoms with Crippen LogP contribution in [0.4, 0.5) is 0 Å². The number of rotatable bonds is 6. The smallest absolute Gasteiger partial charge is 0.104 e.